The molecule has 3 aromatic rings. The standard InChI is InChI=1S/C45H62FN5O6/c1-26-37-20-32(45(37,3)4)21-38(26)48-44(55)41-40(27(2)53)39(25-52)57-51(41)23-31-17-33(46)22-36(42(31)56-9)29-16-30(19-35(18-29)50(7)8)43(54)47-34(24-49(5)6)15-28-13-11-10-12-14-28/h10-14,16-19,22,26-27,32,34,37-41,52-53H,15,20-21,23-25H2,1-9H3,(H,47,54)(H,48,55)/t26-,27-,32+,34-,37+,38-,39-,40+,41-/m0/s1. The topological polar surface area (TPSA) is 127 Å². The van der Waals surface area contributed by atoms with E-state index < -0.39 is 36.6 Å². The maximum Gasteiger partial charge on any atom is 0.251 e. The fourth-order valence-electron chi connectivity index (χ4n) is 9.80. The van der Waals surface area contributed by atoms with E-state index >= 15 is 4.39 Å². The molecule has 310 valence electrons. The molecule has 3 aromatic carbocycles. The Labute approximate surface area is 337 Å². The Morgan fingerprint density at radius 1 is 1.07 bits per heavy atom. The number of benzene rings is 3. The van der Waals surface area contributed by atoms with Gasteiger partial charge in [0.05, 0.1) is 26.4 Å². The van der Waals surface area contributed by atoms with E-state index in [1.54, 1.807) is 13.0 Å². The van der Waals surface area contributed by atoms with Crippen molar-refractivity contribution in [3.8, 4) is 16.9 Å². The monoisotopic (exact) mass is 787 g/mol. The lowest BCUT2D eigenvalue weighted by Gasteiger charge is -2.62. The number of carbonyl (C=O) groups excluding carboxylic acids is 2. The number of rotatable bonds is 15. The van der Waals surface area contributed by atoms with E-state index in [0.717, 1.165) is 17.7 Å². The first kappa shape index (κ1) is 42.5. The maximum atomic E-state index is 15.8. The number of halogens is 1. The number of methoxy groups -OCH3 is 1. The summed E-state index contributed by atoms with van der Waals surface area (Å²) in [6.45, 7) is 8.56. The average Bonchev–Trinajstić information content (AvgIpc) is 3.53. The molecule has 3 aliphatic carbocycles. The molecule has 1 heterocycles. The molecule has 0 unspecified atom stereocenters. The van der Waals surface area contributed by atoms with Gasteiger partial charge < -0.3 is 35.4 Å². The summed E-state index contributed by atoms with van der Waals surface area (Å²) in [5.41, 5.74) is 3.88. The predicted octanol–water partition coefficient (Wildman–Crippen LogP) is 5.13. The van der Waals surface area contributed by atoms with Gasteiger partial charge in [-0.3, -0.25) is 14.4 Å². The summed E-state index contributed by atoms with van der Waals surface area (Å²) in [5, 5.41) is 29.3. The lowest BCUT2D eigenvalue weighted by Crippen LogP contribution is -2.62. The molecule has 4 fully saturated rings. The van der Waals surface area contributed by atoms with Crippen LogP contribution in [0.4, 0.5) is 10.1 Å². The third-order valence-electron chi connectivity index (χ3n) is 13.0. The third-order valence-corrected chi connectivity index (χ3v) is 13.0. The van der Waals surface area contributed by atoms with E-state index in [1.165, 1.54) is 30.7 Å². The second-order valence-corrected chi connectivity index (χ2v) is 17.7. The highest BCUT2D eigenvalue weighted by molar-refractivity contribution is 5.97. The molecule has 2 bridgehead atoms. The molecule has 0 radical (unpaired) electrons. The van der Waals surface area contributed by atoms with Gasteiger partial charge in [0.15, 0.2) is 0 Å². The van der Waals surface area contributed by atoms with Gasteiger partial charge in [0, 0.05) is 61.0 Å². The number of hydroxylamine groups is 2. The van der Waals surface area contributed by atoms with Crippen LogP contribution in [-0.4, -0.2) is 111 Å². The summed E-state index contributed by atoms with van der Waals surface area (Å²) in [6.07, 6.45) is 0.858. The van der Waals surface area contributed by atoms with E-state index in [-0.39, 0.29) is 41.8 Å². The quantitative estimate of drug-likeness (QED) is 0.166. The van der Waals surface area contributed by atoms with E-state index in [4.69, 9.17) is 9.57 Å². The summed E-state index contributed by atoms with van der Waals surface area (Å²) < 4.78 is 21.8. The van der Waals surface area contributed by atoms with Gasteiger partial charge in [-0.15, -0.1) is 0 Å². The van der Waals surface area contributed by atoms with Crippen LogP contribution in [-0.2, 0) is 22.6 Å². The highest BCUT2D eigenvalue weighted by atomic mass is 19.1. The summed E-state index contributed by atoms with van der Waals surface area (Å²) >= 11 is 0. The number of hydrogen-bond donors (Lipinski definition) is 4. The maximum absolute atomic E-state index is 15.8. The van der Waals surface area contributed by atoms with Gasteiger partial charge in [-0.2, -0.15) is 5.06 Å². The SMILES string of the molecule is COc1c(CN2O[C@@H](CO)[C@@H]([C@H](C)O)[C@H]2C(=O)N[C@H]2C[C@H]3C[C@H]([C@@H]2C)C3(C)C)cc(F)cc1-c1cc(C(=O)N[C@@H](Cc2ccccc2)CN(C)C)cc(N(C)C)c1. The normalized spacial score (nSPS) is 26.4. The zero-order valence-electron chi connectivity index (χ0n) is 35.0. The molecule has 1 aliphatic heterocycles. The molecule has 4 N–H and O–H groups in total. The van der Waals surface area contributed by atoms with Crippen molar-refractivity contribution >= 4 is 17.5 Å². The first-order valence-electron chi connectivity index (χ1n) is 20.2. The third kappa shape index (κ3) is 9.00. The molecular weight excluding hydrogens is 726 g/mol. The molecule has 7 rings (SSSR count). The van der Waals surface area contributed by atoms with Crippen LogP contribution in [0.15, 0.2) is 60.7 Å². The van der Waals surface area contributed by atoms with Crippen molar-refractivity contribution in [1.29, 1.82) is 0 Å². The summed E-state index contributed by atoms with van der Waals surface area (Å²) in [7, 11) is 9.20. The van der Waals surface area contributed by atoms with Crippen molar-refractivity contribution in [1.82, 2.24) is 20.6 Å². The molecular formula is C45H62FN5O6. The molecule has 9 atom stereocenters. The van der Waals surface area contributed by atoms with Crippen LogP contribution in [0.25, 0.3) is 11.1 Å². The van der Waals surface area contributed by atoms with Crippen molar-refractivity contribution in [2.45, 2.75) is 83.8 Å². The zero-order chi connectivity index (χ0) is 41.3. The highest BCUT2D eigenvalue weighted by Gasteiger charge is 2.57. The van der Waals surface area contributed by atoms with Crippen molar-refractivity contribution in [2.75, 3.05) is 53.4 Å². The molecule has 3 saturated carbocycles. The fraction of sp³-hybridized carbons (Fsp3) is 0.556. The number of fused-ring (bicyclic) bond motifs is 2. The number of amides is 2. The van der Waals surface area contributed by atoms with Crippen LogP contribution in [0.2, 0.25) is 0 Å². The zero-order valence-corrected chi connectivity index (χ0v) is 35.0. The second kappa shape index (κ2) is 17.4. The van der Waals surface area contributed by atoms with E-state index in [1.807, 2.05) is 80.5 Å². The summed E-state index contributed by atoms with van der Waals surface area (Å²) in [6, 6.07) is 17.0. The number of nitrogens with zero attached hydrogens (tertiary/aromatic N) is 3. The number of carbonyl (C=O) groups is 2. The molecule has 11 nitrogen and oxygen atoms in total. The van der Waals surface area contributed by atoms with Gasteiger partial charge in [0.1, 0.15) is 23.7 Å². The Morgan fingerprint density at radius 2 is 1.79 bits per heavy atom. The molecule has 12 heteroatoms. The second-order valence-electron chi connectivity index (χ2n) is 17.7. The van der Waals surface area contributed by atoms with Crippen molar-refractivity contribution < 1.29 is 33.8 Å². The number of likely N-dealkylation sites (N-methyl/N-ethyl adjacent to an activating group) is 1. The van der Waals surface area contributed by atoms with Gasteiger partial charge in [0.2, 0.25) is 5.91 Å². The molecule has 0 spiro atoms. The van der Waals surface area contributed by atoms with Gasteiger partial charge >= 0.3 is 0 Å². The molecule has 1 saturated heterocycles. The Balaban J connectivity index is 1.31. The first-order valence-corrected chi connectivity index (χ1v) is 20.2. The highest BCUT2D eigenvalue weighted by Crippen LogP contribution is 2.61. The van der Waals surface area contributed by atoms with Crippen LogP contribution < -0.4 is 20.3 Å². The van der Waals surface area contributed by atoms with Gasteiger partial charge in [0.25, 0.3) is 5.91 Å². The van der Waals surface area contributed by atoms with Crippen LogP contribution in [0.3, 0.4) is 0 Å². The minimum Gasteiger partial charge on any atom is -0.496 e. The Bertz CT molecular complexity index is 1890. The van der Waals surface area contributed by atoms with Crippen LogP contribution in [0, 0.1) is 34.9 Å². The molecule has 57 heavy (non-hydrogen) atoms. The van der Waals surface area contributed by atoms with Gasteiger partial charge in [-0.05, 0) is 105 Å². The smallest absolute Gasteiger partial charge is 0.251 e. The lowest BCUT2D eigenvalue weighted by atomic mass is 9.45. The average molecular weight is 788 g/mol. The van der Waals surface area contributed by atoms with Crippen molar-refractivity contribution in [3.05, 3.63) is 83.2 Å². The van der Waals surface area contributed by atoms with Crippen LogP contribution >= 0.6 is 0 Å². The Hall–Kier alpha value is -4.07. The number of aliphatic hydroxyl groups is 2. The van der Waals surface area contributed by atoms with E-state index in [2.05, 4.69) is 31.4 Å². The first-order chi connectivity index (χ1) is 27.0. The van der Waals surface area contributed by atoms with Gasteiger partial charge in [-0.25, -0.2) is 4.39 Å². The van der Waals surface area contributed by atoms with Crippen molar-refractivity contribution in [3.63, 3.8) is 0 Å². The van der Waals surface area contributed by atoms with Crippen LogP contribution in [0.5, 0.6) is 5.75 Å². The van der Waals surface area contributed by atoms with E-state index in [9.17, 15) is 19.8 Å². The molecule has 2 amide bonds. The molecule has 0 aromatic heterocycles. The lowest BCUT2D eigenvalue weighted by molar-refractivity contribution is -0.183. The number of hydrogen-bond acceptors (Lipinski definition) is 9. The number of anilines is 1. The minimum atomic E-state index is -0.979. The summed E-state index contributed by atoms with van der Waals surface area (Å²) in [4.78, 5) is 38.4. The number of ether oxygens (including phenoxy) is 1. The predicted molar refractivity (Wildman–Crippen MR) is 220 cm³/mol. The largest absolute Gasteiger partial charge is 0.496 e. The Kier molecular flexibility index (Phi) is 13.0. The van der Waals surface area contributed by atoms with Crippen molar-refractivity contribution in [2.24, 2.45) is 29.1 Å². The molecule has 4 aliphatic rings. The Morgan fingerprint density at radius 3 is 2.39 bits per heavy atom. The number of nitrogens with one attached hydrogen (secondary N) is 2. The number of aliphatic hydroxyl groups excluding tert-OH is 2. The van der Waals surface area contributed by atoms with Crippen LogP contribution in [0.1, 0.15) is 62.0 Å². The van der Waals surface area contributed by atoms with Gasteiger partial charge in [-0.1, -0.05) is 51.1 Å². The minimum absolute atomic E-state index is 0.0267. The summed E-state index contributed by atoms with van der Waals surface area (Å²) in [5.74, 6) is -0.171. The van der Waals surface area contributed by atoms with E-state index in [0.29, 0.717) is 52.8 Å². The fourth-order valence-corrected chi connectivity index (χ4v) is 9.80.